The van der Waals surface area contributed by atoms with Crippen molar-refractivity contribution in [2.24, 2.45) is 5.92 Å². The van der Waals surface area contributed by atoms with Gasteiger partial charge in [-0.1, -0.05) is 35.9 Å². The third-order valence-corrected chi connectivity index (χ3v) is 5.82. The van der Waals surface area contributed by atoms with Gasteiger partial charge >= 0.3 is 0 Å². The summed E-state index contributed by atoms with van der Waals surface area (Å²) in [5.41, 5.74) is 2.93. The van der Waals surface area contributed by atoms with E-state index in [1.54, 1.807) is 18.3 Å². The quantitative estimate of drug-likeness (QED) is 0.522. The number of amides is 2. The van der Waals surface area contributed by atoms with Gasteiger partial charge in [-0.05, 0) is 42.0 Å². The molecule has 3 aromatic rings. The molecule has 0 spiro atoms. The Morgan fingerprint density at radius 3 is 2.65 bits per heavy atom. The average molecular weight is 478 g/mol. The summed E-state index contributed by atoms with van der Waals surface area (Å²) in [4.78, 5) is 31.5. The summed E-state index contributed by atoms with van der Waals surface area (Å²) in [6.07, 6.45) is 5.66. The van der Waals surface area contributed by atoms with E-state index in [4.69, 9.17) is 21.1 Å². The Morgan fingerprint density at radius 2 is 1.91 bits per heavy atom. The molecule has 2 amide bonds. The molecule has 4 rings (SSSR count). The van der Waals surface area contributed by atoms with E-state index in [0.29, 0.717) is 27.9 Å². The minimum Gasteiger partial charge on any atom is -0.495 e. The number of nitrogens with one attached hydrogen (secondary N) is 1. The zero-order chi connectivity index (χ0) is 24.1. The van der Waals surface area contributed by atoms with E-state index >= 15 is 0 Å². The van der Waals surface area contributed by atoms with E-state index in [1.807, 2.05) is 54.6 Å². The largest absolute Gasteiger partial charge is 0.495 e. The number of carbonyl (C=O) groups is 2. The van der Waals surface area contributed by atoms with Crippen molar-refractivity contribution in [3.05, 3.63) is 77.1 Å². The number of hydrogen-bond acceptors (Lipinski definition) is 5. The normalized spacial score (nSPS) is 15.6. The fourth-order valence-electron chi connectivity index (χ4n) is 3.79. The van der Waals surface area contributed by atoms with Crippen LogP contribution in [0, 0.1) is 5.92 Å². The lowest BCUT2D eigenvalue weighted by Gasteiger charge is -2.21. The molecule has 1 atom stereocenters. The van der Waals surface area contributed by atoms with Crippen LogP contribution in [0.2, 0.25) is 5.02 Å². The molecule has 174 valence electrons. The first kappa shape index (κ1) is 23.3. The molecule has 1 aliphatic heterocycles. The highest BCUT2D eigenvalue weighted by Gasteiger charge is 2.36. The first-order chi connectivity index (χ1) is 16.5. The van der Waals surface area contributed by atoms with Crippen molar-refractivity contribution in [1.29, 1.82) is 0 Å². The zero-order valence-corrected chi connectivity index (χ0v) is 19.6. The van der Waals surface area contributed by atoms with Crippen LogP contribution in [-0.2, 0) is 9.59 Å². The van der Waals surface area contributed by atoms with Gasteiger partial charge in [-0.25, -0.2) is 0 Å². The molecular weight excluding hydrogens is 454 g/mol. The molecule has 8 heteroatoms. The Kier molecular flexibility index (Phi) is 7.13. The number of benzene rings is 2. The average Bonchev–Trinajstić information content (AvgIpc) is 3.25. The molecule has 1 aliphatic rings. The second-order valence-corrected chi connectivity index (χ2v) is 8.17. The molecule has 0 aliphatic carbocycles. The monoisotopic (exact) mass is 477 g/mol. The van der Waals surface area contributed by atoms with Gasteiger partial charge in [0.25, 0.3) is 0 Å². The lowest BCUT2D eigenvalue weighted by atomic mass is 10.1. The van der Waals surface area contributed by atoms with Crippen LogP contribution in [0.3, 0.4) is 0 Å². The van der Waals surface area contributed by atoms with Gasteiger partial charge in [0.1, 0.15) is 11.5 Å². The summed E-state index contributed by atoms with van der Waals surface area (Å²) >= 11 is 6.26. The topological polar surface area (TPSA) is 80.8 Å². The van der Waals surface area contributed by atoms with Crippen molar-refractivity contribution in [2.75, 3.05) is 31.0 Å². The van der Waals surface area contributed by atoms with E-state index in [2.05, 4.69) is 10.3 Å². The summed E-state index contributed by atoms with van der Waals surface area (Å²) in [6.45, 7) is 0.225. The summed E-state index contributed by atoms with van der Waals surface area (Å²) in [7, 11) is 3.01. The van der Waals surface area contributed by atoms with Crippen LogP contribution in [-0.4, -0.2) is 37.6 Å². The molecule has 1 N–H and O–H groups in total. The minimum atomic E-state index is -0.509. The van der Waals surface area contributed by atoms with E-state index in [1.165, 1.54) is 19.1 Å². The molecule has 1 unspecified atom stereocenters. The highest BCUT2D eigenvalue weighted by Crippen LogP contribution is 2.40. The highest BCUT2D eigenvalue weighted by atomic mass is 35.5. The van der Waals surface area contributed by atoms with Gasteiger partial charge in [-0.3, -0.25) is 14.6 Å². The number of halogens is 1. The van der Waals surface area contributed by atoms with Crippen LogP contribution >= 0.6 is 11.6 Å². The molecule has 34 heavy (non-hydrogen) atoms. The number of nitrogens with zero attached hydrogens (tertiary/aromatic N) is 2. The Morgan fingerprint density at radius 1 is 1.09 bits per heavy atom. The van der Waals surface area contributed by atoms with E-state index in [9.17, 15) is 9.59 Å². The lowest BCUT2D eigenvalue weighted by Crippen LogP contribution is -2.28. The highest BCUT2D eigenvalue weighted by molar-refractivity contribution is 6.32. The summed E-state index contributed by atoms with van der Waals surface area (Å²) in [5, 5.41) is 3.28. The molecule has 0 bridgehead atoms. The summed E-state index contributed by atoms with van der Waals surface area (Å²) in [5.74, 6) is -0.0129. The zero-order valence-electron chi connectivity index (χ0n) is 18.8. The smallest absolute Gasteiger partial charge is 0.229 e. The molecule has 7 nitrogen and oxygen atoms in total. The van der Waals surface area contributed by atoms with Gasteiger partial charge in [0.05, 0.1) is 36.5 Å². The van der Waals surface area contributed by atoms with Crippen LogP contribution < -0.4 is 19.7 Å². The fraction of sp³-hybridized carbons (Fsp3) is 0.192. The number of methoxy groups -OCH3 is 2. The van der Waals surface area contributed by atoms with E-state index < -0.39 is 5.92 Å². The molecule has 0 saturated carbocycles. The predicted octanol–water partition coefficient (Wildman–Crippen LogP) is 4.91. The Balaban J connectivity index is 1.46. The number of ether oxygens (including phenoxy) is 2. The van der Waals surface area contributed by atoms with Gasteiger partial charge < -0.3 is 19.7 Å². The number of aromatic nitrogens is 1. The second kappa shape index (κ2) is 10.4. The van der Waals surface area contributed by atoms with Gasteiger partial charge in [0.15, 0.2) is 0 Å². The third kappa shape index (κ3) is 5.21. The van der Waals surface area contributed by atoms with Crippen LogP contribution in [0.25, 0.3) is 12.2 Å². The lowest BCUT2D eigenvalue weighted by molar-refractivity contribution is -0.122. The fourth-order valence-corrected chi connectivity index (χ4v) is 4.03. The first-order valence-electron chi connectivity index (χ1n) is 10.7. The molecular formula is C26H24ClN3O4. The molecule has 2 aromatic carbocycles. The van der Waals surface area contributed by atoms with Crippen molar-refractivity contribution in [3.63, 3.8) is 0 Å². The van der Waals surface area contributed by atoms with Gasteiger partial charge in [-0.2, -0.15) is 0 Å². The standard InChI is InChI=1S/C26H24ClN3O4/c1-33-23-15-24(34-2)22(14-21(23)27)30-16-18(13-25(30)31)26(32)29-20-8-5-6-17(12-20)9-10-19-7-3-4-11-28-19/h3-12,14-15,18H,13,16H2,1-2H3,(H,29,32)/b10-9+. The van der Waals surface area contributed by atoms with Crippen molar-refractivity contribution < 1.29 is 19.1 Å². The number of rotatable bonds is 7. The van der Waals surface area contributed by atoms with Crippen LogP contribution in [0.4, 0.5) is 11.4 Å². The van der Waals surface area contributed by atoms with Crippen molar-refractivity contribution >= 4 is 46.9 Å². The predicted molar refractivity (Wildman–Crippen MR) is 133 cm³/mol. The van der Waals surface area contributed by atoms with E-state index in [0.717, 1.165) is 11.3 Å². The number of pyridine rings is 1. The SMILES string of the molecule is COc1cc(OC)c(N2CC(C(=O)Nc3cccc(/C=C/c4ccccn4)c3)CC2=O)cc1Cl. The third-order valence-electron chi connectivity index (χ3n) is 5.53. The second-order valence-electron chi connectivity index (χ2n) is 7.77. The maximum absolute atomic E-state index is 13.0. The number of hydrogen-bond donors (Lipinski definition) is 1. The molecule has 1 aromatic heterocycles. The van der Waals surface area contributed by atoms with Crippen LogP contribution in [0.15, 0.2) is 60.8 Å². The maximum atomic E-state index is 13.0. The maximum Gasteiger partial charge on any atom is 0.229 e. The molecule has 0 radical (unpaired) electrons. The van der Waals surface area contributed by atoms with Gasteiger partial charge in [0, 0.05) is 30.9 Å². The molecule has 2 heterocycles. The summed E-state index contributed by atoms with van der Waals surface area (Å²) < 4.78 is 10.6. The van der Waals surface area contributed by atoms with Gasteiger partial charge in [0.2, 0.25) is 11.8 Å². The summed E-state index contributed by atoms with van der Waals surface area (Å²) in [6, 6.07) is 16.4. The van der Waals surface area contributed by atoms with Crippen LogP contribution in [0.1, 0.15) is 17.7 Å². The molecule has 1 saturated heterocycles. The number of carbonyl (C=O) groups excluding carboxylic acids is 2. The first-order valence-corrected chi connectivity index (χ1v) is 11.1. The molecule has 1 fully saturated rings. The van der Waals surface area contributed by atoms with Crippen molar-refractivity contribution in [2.45, 2.75) is 6.42 Å². The minimum absolute atomic E-state index is 0.0951. The Bertz CT molecular complexity index is 1230. The van der Waals surface area contributed by atoms with Crippen molar-refractivity contribution in [1.82, 2.24) is 4.98 Å². The Hall–Kier alpha value is -3.84. The van der Waals surface area contributed by atoms with Gasteiger partial charge in [-0.15, -0.1) is 0 Å². The Labute approximate surface area is 203 Å². The van der Waals surface area contributed by atoms with Crippen molar-refractivity contribution in [3.8, 4) is 11.5 Å². The van der Waals surface area contributed by atoms with E-state index in [-0.39, 0.29) is 24.8 Å². The number of anilines is 2. The van der Waals surface area contributed by atoms with Crippen LogP contribution in [0.5, 0.6) is 11.5 Å².